The first-order valence-electron chi connectivity index (χ1n) is 6.29. The van der Waals surface area contributed by atoms with E-state index >= 15 is 0 Å². The maximum Gasteiger partial charge on any atom is 0.336 e. The van der Waals surface area contributed by atoms with Crippen LogP contribution in [-0.2, 0) is 14.4 Å². The maximum atomic E-state index is 10.3. The van der Waals surface area contributed by atoms with Crippen molar-refractivity contribution < 1.29 is 34.8 Å². The monoisotopic (exact) mass is 293 g/mol. The lowest BCUT2D eigenvalue weighted by Gasteiger charge is -2.18. The Bertz CT molecular complexity index is 297. The van der Waals surface area contributed by atoms with Crippen molar-refractivity contribution in [2.24, 2.45) is 5.73 Å². The summed E-state index contributed by atoms with van der Waals surface area (Å²) in [4.78, 5) is 30.5. The lowest BCUT2D eigenvalue weighted by molar-refractivity contribution is -0.170. The molecule has 0 saturated carbocycles. The Morgan fingerprint density at radius 2 is 1.40 bits per heavy atom. The minimum atomic E-state index is -2.74. The van der Waals surface area contributed by atoms with Gasteiger partial charge < -0.3 is 26.2 Å². The van der Waals surface area contributed by atoms with Gasteiger partial charge in [0.1, 0.15) is 0 Å². The van der Waals surface area contributed by atoms with Crippen molar-refractivity contribution >= 4 is 17.9 Å². The Hall–Kier alpha value is -1.67. The molecule has 8 heteroatoms. The number of nitrogens with two attached hydrogens (primary N) is 1. The second kappa shape index (κ2) is 11.2. The van der Waals surface area contributed by atoms with Crippen LogP contribution in [0.1, 0.15) is 45.4 Å². The van der Waals surface area contributed by atoms with E-state index in [1.807, 2.05) is 0 Å². The standard InChI is InChI=1S/C6H15N.C6H8O7/c1-2-3-4-5-6-7;7-3(8)1-6(13,5(11)12)2-4(9)10/h2-7H2,1H3;13H,1-2H2,(H,7,8)(H,9,10)(H,11,12). The van der Waals surface area contributed by atoms with E-state index in [1.54, 1.807) is 0 Å². The molecule has 6 N–H and O–H groups in total. The summed E-state index contributed by atoms with van der Waals surface area (Å²) in [6.07, 6.45) is 2.88. The van der Waals surface area contributed by atoms with Gasteiger partial charge in [-0.05, 0) is 13.0 Å². The van der Waals surface area contributed by atoms with Gasteiger partial charge in [-0.3, -0.25) is 9.59 Å². The third-order valence-corrected chi connectivity index (χ3v) is 2.34. The Morgan fingerprint density at radius 1 is 0.950 bits per heavy atom. The molecule has 0 saturated heterocycles. The lowest BCUT2D eigenvalue weighted by atomic mass is 9.96. The largest absolute Gasteiger partial charge is 0.481 e. The number of carboxylic acids is 3. The summed E-state index contributed by atoms with van der Waals surface area (Å²) < 4.78 is 0. The van der Waals surface area contributed by atoms with Crippen molar-refractivity contribution in [2.45, 2.75) is 51.0 Å². The molecule has 0 aliphatic carbocycles. The van der Waals surface area contributed by atoms with Gasteiger partial charge in [0.2, 0.25) is 0 Å². The second-order valence-electron chi connectivity index (χ2n) is 4.33. The van der Waals surface area contributed by atoms with Crippen LogP contribution in [0.4, 0.5) is 0 Å². The van der Waals surface area contributed by atoms with Crippen molar-refractivity contribution in [2.75, 3.05) is 6.54 Å². The number of rotatable bonds is 9. The molecule has 0 heterocycles. The third kappa shape index (κ3) is 11.4. The zero-order chi connectivity index (χ0) is 16.2. The molecule has 8 nitrogen and oxygen atoms in total. The highest BCUT2D eigenvalue weighted by molar-refractivity contribution is 5.88. The van der Waals surface area contributed by atoms with E-state index in [2.05, 4.69) is 6.92 Å². The van der Waals surface area contributed by atoms with Crippen molar-refractivity contribution in [1.29, 1.82) is 0 Å². The summed E-state index contributed by atoms with van der Waals surface area (Å²) >= 11 is 0. The number of aliphatic hydroxyl groups is 1. The Labute approximate surface area is 117 Å². The van der Waals surface area contributed by atoms with E-state index in [-0.39, 0.29) is 0 Å². The van der Waals surface area contributed by atoms with Crippen LogP contribution in [0.2, 0.25) is 0 Å². The zero-order valence-electron chi connectivity index (χ0n) is 11.5. The van der Waals surface area contributed by atoms with Crippen molar-refractivity contribution in [1.82, 2.24) is 0 Å². The number of hydrogen-bond donors (Lipinski definition) is 5. The molecular weight excluding hydrogens is 270 g/mol. The minimum absolute atomic E-state index is 0.861. The molecule has 0 aromatic carbocycles. The summed E-state index contributed by atoms with van der Waals surface area (Å²) in [6.45, 7) is 3.07. The SMILES string of the molecule is CCCCCCN.O=C(O)CC(O)(CC(=O)O)C(=O)O. The van der Waals surface area contributed by atoms with Crippen LogP contribution < -0.4 is 5.73 Å². The van der Waals surface area contributed by atoms with Crippen LogP contribution in [0.3, 0.4) is 0 Å². The molecule has 0 aromatic heterocycles. The van der Waals surface area contributed by atoms with E-state index in [0.29, 0.717) is 0 Å². The predicted molar refractivity (Wildman–Crippen MR) is 70.3 cm³/mol. The molecular formula is C12H23NO7. The molecule has 0 bridgehead atoms. The van der Waals surface area contributed by atoms with Gasteiger partial charge in [-0.25, -0.2) is 4.79 Å². The summed E-state index contributed by atoms with van der Waals surface area (Å²) in [6, 6.07) is 0. The molecule has 0 fully saturated rings. The lowest BCUT2D eigenvalue weighted by Crippen LogP contribution is -2.42. The van der Waals surface area contributed by atoms with E-state index in [0.717, 1.165) is 6.54 Å². The molecule has 118 valence electrons. The molecule has 0 spiro atoms. The minimum Gasteiger partial charge on any atom is -0.481 e. The molecule has 0 aromatic rings. The van der Waals surface area contributed by atoms with Gasteiger partial charge in [0.15, 0.2) is 5.60 Å². The second-order valence-corrected chi connectivity index (χ2v) is 4.33. The van der Waals surface area contributed by atoms with Crippen LogP contribution in [0, 0.1) is 0 Å². The molecule has 0 unspecified atom stereocenters. The summed E-state index contributed by atoms with van der Waals surface area (Å²) in [5.41, 5.74) is 2.53. The fourth-order valence-corrected chi connectivity index (χ4v) is 1.29. The molecule has 20 heavy (non-hydrogen) atoms. The predicted octanol–water partition coefficient (Wildman–Crippen LogP) is 0.277. The highest BCUT2D eigenvalue weighted by atomic mass is 16.4. The van der Waals surface area contributed by atoms with Crippen molar-refractivity contribution in [3.63, 3.8) is 0 Å². The first-order valence-corrected chi connectivity index (χ1v) is 6.29. The maximum absolute atomic E-state index is 10.3. The van der Waals surface area contributed by atoms with Gasteiger partial charge in [0, 0.05) is 0 Å². The van der Waals surface area contributed by atoms with Crippen LogP contribution in [0.25, 0.3) is 0 Å². The zero-order valence-corrected chi connectivity index (χ0v) is 11.5. The van der Waals surface area contributed by atoms with Gasteiger partial charge in [0.25, 0.3) is 0 Å². The fraction of sp³-hybridized carbons (Fsp3) is 0.750. The number of hydrogen-bond acceptors (Lipinski definition) is 5. The highest BCUT2D eigenvalue weighted by Gasteiger charge is 2.40. The molecule has 0 aliphatic heterocycles. The van der Waals surface area contributed by atoms with Gasteiger partial charge >= 0.3 is 17.9 Å². The van der Waals surface area contributed by atoms with E-state index in [9.17, 15) is 14.4 Å². The number of aliphatic carboxylic acids is 3. The summed E-state index contributed by atoms with van der Waals surface area (Å²) in [5, 5.41) is 33.8. The van der Waals surface area contributed by atoms with E-state index < -0.39 is 36.4 Å². The van der Waals surface area contributed by atoms with Crippen LogP contribution in [-0.4, -0.2) is 50.5 Å². The number of unbranched alkanes of at least 4 members (excludes halogenated alkanes) is 3. The van der Waals surface area contributed by atoms with Gasteiger partial charge in [0.05, 0.1) is 12.8 Å². The molecule has 0 radical (unpaired) electrons. The Balaban J connectivity index is 0. The average molecular weight is 293 g/mol. The fourth-order valence-electron chi connectivity index (χ4n) is 1.29. The first kappa shape index (κ1) is 20.6. The van der Waals surface area contributed by atoms with Gasteiger partial charge in [-0.1, -0.05) is 26.2 Å². The van der Waals surface area contributed by atoms with Crippen LogP contribution in [0.15, 0.2) is 0 Å². The van der Waals surface area contributed by atoms with Gasteiger partial charge in [-0.2, -0.15) is 0 Å². The molecule has 0 atom stereocenters. The average Bonchev–Trinajstić information content (AvgIpc) is 2.28. The smallest absolute Gasteiger partial charge is 0.336 e. The number of carboxylic acid groups (broad SMARTS) is 3. The highest BCUT2D eigenvalue weighted by Crippen LogP contribution is 2.15. The Morgan fingerprint density at radius 3 is 1.65 bits per heavy atom. The van der Waals surface area contributed by atoms with E-state index in [1.165, 1.54) is 25.7 Å². The van der Waals surface area contributed by atoms with Crippen molar-refractivity contribution in [3.8, 4) is 0 Å². The Kier molecular flexibility index (Phi) is 11.5. The quantitative estimate of drug-likeness (QED) is 0.379. The van der Waals surface area contributed by atoms with E-state index in [4.69, 9.17) is 26.2 Å². The third-order valence-electron chi connectivity index (χ3n) is 2.34. The molecule has 0 rings (SSSR count). The normalized spacial score (nSPS) is 10.3. The van der Waals surface area contributed by atoms with Crippen molar-refractivity contribution in [3.05, 3.63) is 0 Å². The topological polar surface area (TPSA) is 158 Å². The summed E-state index contributed by atoms with van der Waals surface area (Å²) in [7, 11) is 0. The van der Waals surface area contributed by atoms with Gasteiger partial charge in [-0.15, -0.1) is 0 Å². The first-order chi connectivity index (χ1) is 9.19. The molecule has 0 amide bonds. The van der Waals surface area contributed by atoms with Crippen LogP contribution in [0.5, 0.6) is 0 Å². The molecule has 0 aliphatic rings. The number of carbonyl (C=O) groups is 3. The summed E-state index contributed by atoms with van der Waals surface area (Å²) in [5.74, 6) is -5.02. The van der Waals surface area contributed by atoms with Crippen LogP contribution >= 0.6 is 0 Å².